The van der Waals surface area contributed by atoms with Gasteiger partial charge in [0.05, 0.1) is 5.56 Å². The van der Waals surface area contributed by atoms with E-state index >= 15 is 0 Å². The number of hydrogen-bond donors (Lipinski definition) is 0. The van der Waals surface area contributed by atoms with Crippen LogP contribution in [-0.2, 0) is 5.41 Å². The van der Waals surface area contributed by atoms with Crippen LogP contribution in [0.3, 0.4) is 0 Å². The normalized spacial score (nSPS) is 17.0. The lowest BCUT2D eigenvalue weighted by atomic mass is 9.74. The molecule has 0 aliphatic heterocycles. The van der Waals surface area contributed by atoms with Gasteiger partial charge in [0.25, 0.3) is 0 Å². The number of furan rings is 1. The lowest BCUT2D eigenvalue weighted by Crippen LogP contribution is -2.24. The minimum Gasteiger partial charge on any atom is -0.455 e. The van der Waals surface area contributed by atoms with Gasteiger partial charge >= 0.3 is 0 Å². The van der Waals surface area contributed by atoms with E-state index in [1.165, 1.54) is 22.3 Å². The van der Waals surface area contributed by atoms with Crippen molar-refractivity contribution in [2.75, 3.05) is 0 Å². The van der Waals surface area contributed by atoms with E-state index in [4.69, 9.17) is 19.4 Å². The van der Waals surface area contributed by atoms with Crippen LogP contribution in [0, 0.1) is 5.92 Å². The highest BCUT2D eigenvalue weighted by Gasteiger charge is 2.45. The smallest absolute Gasteiger partial charge is 0.167 e. The summed E-state index contributed by atoms with van der Waals surface area (Å²) in [5.41, 5.74) is 11.9. The van der Waals surface area contributed by atoms with E-state index in [-0.39, 0.29) is 5.41 Å². The van der Waals surface area contributed by atoms with Crippen molar-refractivity contribution in [1.82, 2.24) is 15.0 Å². The summed E-state index contributed by atoms with van der Waals surface area (Å²) in [5, 5.41) is 2.11. The zero-order valence-electron chi connectivity index (χ0n) is 29.0. The number of hydrogen-bond acceptors (Lipinski definition) is 4. The SMILES string of the molecule is CC1(C)c2cccc(-c3ccc(-c4nc(-c5ccccc5-c5ccccc5)nc(-c5cccc6c5oc5ccccc56)n4)cc3)c2C2C=CC=CC21. The van der Waals surface area contributed by atoms with Crippen molar-refractivity contribution in [2.45, 2.75) is 25.2 Å². The number of para-hydroxylation sites is 2. The van der Waals surface area contributed by atoms with Gasteiger partial charge in [-0.3, -0.25) is 0 Å². The van der Waals surface area contributed by atoms with Crippen LogP contribution in [0.1, 0.15) is 30.9 Å². The topological polar surface area (TPSA) is 51.8 Å². The van der Waals surface area contributed by atoms with Crippen LogP contribution >= 0.6 is 0 Å². The standard InChI is InChI=1S/C48H35N3O/c1-48(2)40-23-10-8-19-38(40)43-34(20-13-24-41(43)48)31-26-28-32(29-27-31)45-49-46(37-18-7-6-16-33(37)30-14-4-3-5-15-30)51-47(50-45)39-22-12-21-36-35-17-9-11-25-42(35)52-44(36)39/h3-29,38,40H,1-2H3. The van der Waals surface area contributed by atoms with Crippen molar-refractivity contribution in [2.24, 2.45) is 5.92 Å². The van der Waals surface area contributed by atoms with Gasteiger partial charge in [-0.1, -0.05) is 166 Å². The van der Waals surface area contributed by atoms with E-state index in [1.807, 2.05) is 36.4 Å². The van der Waals surface area contributed by atoms with E-state index in [2.05, 4.69) is 141 Å². The van der Waals surface area contributed by atoms with Crippen LogP contribution in [0.4, 0.5) is 0 Å². The van der Waals surface area contributed by atoms with E-state index in [0.29, 0.717) is 29.3 Å². The maximum Gasteiger partial charge on any atom is 0.167 e. The number of rotatable bonds is 5. The Bertz CT molecular complexity index is 2720. The van der Waals surface area contributed by atoms with Gasteiger partial charge in [0.15, 0.2) is 17.5 Å². The first-order valence-electron chi connectivity index (χ1n) is 18.0. The Morgan fingerprint density at radius 2 is 1.08 bits per heavy atom. The molecular formula is C48H35N3O. The lowest BCUT2D eigenvalue weighted by molar-refractivity contribution is 0.394. The van der Waals surface area contributed by atoms with Crippen molar-refractivity contribution < 1.29 is 4.42 Å². The summed E-state index contributed by atoms with van der Waals surface area (Å²) in [6, 6.07) is 48.6. The van der Waals surface area contributed by atoms with Crippen LogP contribution in [0.25, 0.3) is 78.4 Å². The van der Waals surface area contributed by atoms with Gasteiger partial charge in [0.2, 0.25) is 0 Å². The second-order valence-corrected chi connectivity index (χ2v) is 14.4. The third-order valence-electron chi connectivity index (χ3n) is 11.1. The molecule has 0 spiro atoms. The Morgan fingerprint density at radius 3 is 1.92 bits per heavy atom. The quantitative estimate of drug-likeness (QED) is 0.183. The summed E-state index contributed by atoms with van der Waals surface area (Å²) in [6.07, 6.45) is 9.16. The Labute approximate surface area is 302 Å². The summed E-state index contributed by atoms with van der Waals surface area (Å²) in [4.78, 5) is 15.5. The summed E-state index contributed by atoms with van der Waals surface area (Å²) < 4.78 is 6.47. The molecule has 52 heavy (non-hydrogen) atoms. The predicted molar refractivity (Wildman–Crippen MR) is 212 cm³/mol. The molecule has 0 fully saturated rings. The van der Waals surface area contributed by atoms with E-state index in [1.54, 1.807) is 0 Å². The van der Waals surface area contributed by atoms with Gasteiger partial charge in [-0.2, -0.15) is 0 Å². The lowest BCUT2D eigenvalue weighted by Gasteiger charge is -2.29. The van der Waals surface area contributed by atoms with Gasteiger partial charge in [0.1, 0.15) is 11.2 Å². The number of nitrogens with zero attached hydrogens (tertiary/aromatic N) is 3. The molecule has 2 unspecified atom stereocenters. The Kier molecular flexibility index (Phi) is 6.94. The van der Waals surface area contributed by atoms with Crippen LogP contribution in [0.2, 0.25) is 0 Å². The molecule has 4 heteroatoms. The maximum atomic E-state index is 6.47. The number of allylic oxidation sites excluding steroid dienone is 4. The molecule has 0 N–H and O–H groups in total. The molecule has 0 saturated carbocycles. The number of aromatic nitrogens is 3. The van der Waals surface area contributed by atoms with Gasteiger partial charge in [-0.05, 0) is 56.8 Å². The molecule has 10 rings (SSSR count). The van der Waals surface area contributed by atoms with Crippen LogP contribution in [0.5, 0.6) is 0 Å². The summed E-state index contributed by atoms with van der Waals surface area (Å²) in [5.74, 6) is 2.61. The second-order valence-electron chi connectivity index (χ2n) is 14.4. The minimum atomic E-state index is 0.0631. The zero-order chi connectivity index (χ0) is 34.8. The molecule has 2 aliphatic rings. The van der Waals surface area contributed by atoms with Crippen LogP contribution < -0.4 is 0 Å². The summed E-state index contributed by atoms with van der Waals surface area (Å²) >= 11 is 0. The Balaban J connectivity index is 1.14. The van der Waals surface area contributed by atoms with Crippen molar-refractivity contribution in [3.63, 3.8) is 0 Å². The first kappa shape index (κ1) is 30.4. The second kappa shape index (κ2) is 11.9. The molecular weight excluding hydrogens is 635 g/mol. The Hall–Kier alpha value is -6.39. The fraction of sp³-hybridized carbons (Fsp3) is 0.104. The summed E-state index contributed by atoms with van der Waals surface area (Å²) in [6.45, 7) is 4.76. The largest absolute Gasteiger partial charge is 0.455 e. The molecule has 2 aliphatic carbocycles. The zero-order valence-corrected chi connectivity index (χ0v) is 29.0. The molecule has 2 heterocycles. The highest BCUT2D eigenvalue weighted by atomic mass is 16.3. The van der Waals surface area contributed by atoms with Crippen molar-refractivity contribution in [3.8, 4) is 56.4 Å². The molecule has 248 valence electrons. The van der Waals surface area contributed by atoms with Crippen molar-refractivity contribution in [3.05, 3.63) is 175 Å². The molecule has 0 saturated heterocycles. The number of benzene rings is 6. The molecule has 0 radical (unpaired) electrons. The molecule has 6 aromatic carbocycles. The van der Waals surface area contributed by atoms with Gasteiger partial charge in [0, 0.05) is 27.8 Å². The fourth-order valence-electron chi connectivity index (χ4n) is 8.51. The average Bonchev–Trinajstić information content (AvgIpc) is 3.70. The summed E-state index contributed by atoms with van der Waals surface area (Å²) in [7, 11) is 0. The first-order valence-corrected chi connectivity index (χ1v) is 18.0. The first-order chi connectivity index (χ1) is 25.5. The van der Waals surface area contributed by atoms with Gasteiger partial charge in [-0.15, -0.1) is 0 Å². The Morgan fingerprint density at radius 1 is 0.481 bits per heavy atom. The fourth-order valence-corrected chi connectivity index (χ4v) is 8.51. The minimum absolute atomic E-state index is 0.0631. The maximum absolute atomic E-state index is 6.47. The molecule has 8 aromatic rings. The third-order valence-corrected chi connectivity index (χ3v) is 11.1. The molecule has 0 bridgehead atoms. The van der Waals surface area contributed by atoms with E-state index in [9.17, 15) is 0 Å². The van der Waals surface area contributed by atoms with E-state index < -0.39 is 0 Å². The van der Waals surface area contributed by atoms with Gasteiger partial charge < -0.3 is 4.42 Å². The average molecular weight is 670 g/mol. The van der Waals surface area contributed by atoms with Crippen LogP contribution in [-0.4, -0.2) is 15.0 Å². The molecule has 2 aromatic heterocycles. The highest BCUT2D eigenvalue weighted by molar-refractivity contribution is 6.09. The van der Waals surface area contributed by atoms with E-state index in [0.717, 1.165) is 49.8 Å². The third kappa shape index (κ3) is 4.79. The van der Waals surface area contributed by atoms with Crippen LogP contribution in [0.15, 0.2) is 168 Å². The molecule has 0 amide bonds. The molecule has 4 nitrogen and oxygen atoms in total. The number of fused-ring (bicyclic) bond motifs is 6. The van der Waals surface area contributed by atoms with Crippen molar-refractivity contribution >= 4 is 21.9 Å². The monoisotopic (exact) mass is 669 g/mol. The van der Waals surface area contributed by atoms with Crippen molar-refractivity contribution in [1.29, 1.82) is 0 Å². The highest BCUT2D eigenvalue weighted by Crippen LogP contribution is 2.55. The van der Waals surface area contributed by atoms with Gasteiger partial charge in [-0.25, -0.2) is 15.0 Å². The predicted octanol–water partition coefficient (Wildman–Crippen LogP) is 12.2. The molecule has 2 atom stereocenters.